The van der Waals surface area contributed by atoms with Gasteiger partial charge in [-0.05, 0) is 18.7 Å². The highest BCUT2D eigenvalue weighted by molar-refractivity contribution is 8.01. The summed E-state index contributed by atoms with van der Waals surface area (Å²) >= 11 is 8.90. The van der Waals surface area contributed by atoms with E-state index in [9.17, 15) is 0 Å². The minimum Gasteiger partial charge on any atom is -0.374 e. The van der Waals surface area contributed by atoms with Gasteiger partial charge in [-0.15, -0.1) is 10.2 Å². The van der Waals surface area contributed by atoms with E-state index < -0.39 is 0 Å². The summed E-state index contributed by atoms with van der Waals surface area (Å²) in [5, 5.41) is 10.2. The molecule has 2 rings (SSSR count). The van der Waals surface area contributed by atoms with Crippen LogP contribution in [-0.4, -0.2) is 40.9 Å². The Labute approximate surface area is 130 Å². The molecule has 0 N–H and O–H groups in total. The molecule has 2 aromatic heterocycles. The first-order valence-electron chi connectivity index (χ1n) is 5.88. The van der Waals surface area contributed by atoms with Gasteiger partial charge >= 0.3 is 0 Å². The lowest BCUT2D eigenvalue weighted by atomic mass is 10.6. The van der Waals surface area contributed by atoms with Gasteiger partial charge in [0.15, 0.2) is 10.2 Å². The van der Waals surface area contributed by atoms with E-state index in [1.165, 1.54) is 23.1 Å². The highest BCUT2D eigenvalue weighted by atomic mass is 35.5. The molecular weight excluding hydrogens is 318 g/mol. The number of anilines is 1. The zero-order valence-corrected chi connectivity index (χ0v) is 13.7. The second kappa shape index (κ2) is 7.16. The molecule has 2 heterocycles. The van der Waals surface area contributed by atoms with Crippen molar-refractivity contribution in [3.63, 3.8) is 0 Å². The van der Waals surface area contributed by atoms with Crippen molar-refractivity contribution >= 4 is 39.8 Å². The van der Waals surface area contributed by atoms with Crippen molar-refractivity contribution in [2.75, 3.05) is 25.6 Å². The largest absolute Gasteiger partial charge is 0.374 e. The van der Waals surface area contributed by atoms with Crippen molar-refractivity contribution in [3.8, 4) is 0 Å². The second-order valence-corrected chi connectivity index (χ2v) is 6.54. The Balaban J connectivity index is 2.13. The topological polar surface area (TPSA) is 64.0 Å². The third kappa shape index (κ3) is 4.27. The minimum absolute atomic E-state index is 0.351. The van der Waals surface area contributed by atoms with E-state index in [0.29, 0.717) is 24.2 Å². The van der Waals surface area contributed by atoms with E-state index in [4.69, 9.17) is 16.3 Å². The van der Waals surface area contributed by atoms with Crippen LogP contribution in [0, 0.1) is 0 Å². The van der Waals surface area contributed by atoms with Gasteiger partial charge in [0, 0.05) is 26.8 Å². The summed E-state index contributed by atoms with van der Waals surface area (Å²) in [5.74, 6) is 0.569. The molecule has 9 heteroatoms. The molecule has 108 valence electrons. The van der Waals surface area contributed by atoms with E-state index in [1.54, 1.807) is 6.07 Å². The average molecular weight is 332 g/mol. The number of hydrogen-bond donors (Lipinski definition) is 0. The van der Waals surface area contributed by atoms with E-state index in [-0.39, 0.29) is 0 Å². The smallest absolute Gasteiger partial charge is 0.208 e. The molecule has 6 nitrogen and oxygen atoms in total. The van der Waals surface area contributed by atoms with Crippen LogP contribution in [0.15, 0.2) is 15.4 Å². The number of hydrogen-bond acceptors (Lipinski definition) is 8. The number of halogens is 1. The Hall–Kier alpha value is -0.960. The van der Waals surface area contributed by atoms with Crippen LogP contribution in [0.5, 0.6) is 0 Å². The van der Waals surface area contributed by atoms with Gasteiger partial charge in [0.2, 0.25) is 5.13 Å². The molecule has 0 radical (unpaired) electrons. The van der Waals surface area contributed by atoms with Crippen LogP contribution in [0.4, 0.5) is 5.13 Å². The highest BCUT2D eigenvalue weighted by Crippen LogP contribution is 2.32. The number of aromatic nitrogens is 4. The standard InChI is InChI=1S/C11H14ClN5OS2/c1-4-18-6-8-13-7(12)5-9(14-8)19-11-16-15-10(20-11)17(2)3/h5H,4,6H2,1-3H3. The van der Waals surface area contributed by atoms with Gasteiger partial charge in [0.1, 0.15) is 16.8 Å². The summed E-state index contributed by atoms with van der Waals surface area (Å²) in [4.78, 5) is 10.4. The molecule has 20 heavy (non-hydrogen) atoms. The third-order valence-electron chi connectivity index (χ3n) is 2.12. The molecule has 0 aliphatic heterocycles. The first-order chi connectivity index (χ1) is 9.58. The minimum atomic E-state index is 0.351. The van der Waals surface area contributed by atoms with Crippen molar-refractivity contribution in [3.05, 3.63) is 17.0 Å². The van der Waals surface area contributed by atoms with E-state index >= 15 is 0 Å². The van der Waals surface area contributed by atoms with Crippen molar-refractivity contribution in [1.82, 2.24) is 20.2 Å². The van der Waals surface area contributed by atoms with Crippen LogP contribution in [0.3, 0.4) is 0 Å². The summed E-state index contributed by atoms with van der Waals surface area (Å²) in [7, 11) is 3.85. The molecule has 0 saturated carbocycles. The van der Waals surface area contributed by atoms with Crippen LogP contribution < -0.4 is 4.90 Å². The third-order valence-corrected chi connectivity index (χ3v) is 4.38. The molecule has 0 spiro atoms. The van der Waals surface area contributed by atoms with Crippen LogP contribution in [0.1, 0.15) is 12.7 Å². The van der Waals surface area contributed by atoms with Crippen molar-refractivity contribution in [2.24, 2.45) is 0 Å². The van der Waals surface area contributed by atoms with Gasteiger partial charge in [-0.2, -0.15) is 0 Å². The zero-order chi connectivity index (χ0) is 14.5. The van der Waals surface area contributed by atoms with Gasteiger partial charge < -0.3 is 9.64 Å². The Bertz CT molecular complexity index is 578. The maximum Gasteiger partial charge on any atom is 0.208 e. The second-order valence-electron chi connectivity index (χ2n) is 3.93. The molecule has 0 bridgehead atoms. The normalized spacial score (nSPS) is 10.8. The molecule has 2 aromatic rings. The Morgan fingerprint density at radius 3 is 2.80 bits per heavy atom. The maximum atomic E-state index is 5.99. The van der Waals surface area contributed by atoms with Crippen molar-refractivity contribution < 1.29 is 4.74 Å². The van der Waals surface area contributed by atoms with E-state index in [1.807, 2.05) is 25.9 Å². The number of rotatable bonds is 6. The predicted octanol–water partition coefficient (Wildman–Crippen LogP) is 2.74. The highest BCUT2D eigenvalue weighted by Gasteiger charge is 2.10. The van der Waals surface area contributed by atoms with Gasteiger partial charge in [-0.25, -0.2) is 9.97 Å². The average Bonchev–Trinajstić information content (AvgIpc) is 2.84. The Morgan fingerprint density at radius 1 is 1.35 bits per heavy atom. The van der Waals surface area contributed by atoms with Gasteiger partial charge in [-0.3, -0.25) is 0 Å². The fourth-order valence-electron chi connectivity index (χ4n) is 1.27. The molecular formula is C11H14ClN5OS2. The summed E-state index contributed by atoms with van der Waals surface area (Å²) in [5.41, 5.74) is 0. The van der Waals surface area contributed by atoms with Crippen LogP contribution in [0.25, 0.3) is 0 Å². The molecule has 0 aliphatic carbocycles. The van der Waals surface area contributed by atoms with Crippen LogP contribution in [0.2, 0.25) is 5.15 Å². The fourth-order valence-corrected chi connectivity index (χ4v) is 3.26. The lowest BCUT2D eigenvalue weighted by molar-refractivity contribution is 0.128. The van der Waals surface area contributed by atoms with Gasteiger partial charge in [-0.1, -0.05) is 22.9 Å². The zero-order valence-electron chi connectivity index (χ0n) is 11.3. The van der Waals surface area contributed by atoms with Crippen LogP contribution >= 0.6 is 34.7 Å². The maximum absolute atomic E-state index is 5.99. The molecule has 0 amide bonds. The molecule has 0 aromatic carbocycles. The fraction of sp³-hybridized carbons (Fsp3) is 0.455. The van der Waals surface area contributed by atoms with Crippen molar-refractivity contribution in [1.29, 1.82) is 0 Å². The number of ether oxygens (including phenoxy) is 1. The van der Waals surface area contributed by atoms with Gasteiger partial charge in [0.25, 0.3) is 0 Å². The number of nitrogens with zero attached hydrogens (tertiary/aromatic N) is 5. The Kier molecular flexibility index (Phi) is 5.53. The Morgan fingerprint density at radius 2 is 2.15 bits per heavy atom. The SMILES string of the molecule is CCOCc1nc(Cl)cc(Sc2nnc(N(C)C)s2)n1. The molecule has 0 fully saturated rings. The molecule has 0 aliphatic rings. The quantitative estimate of drug-likeness (QED) is 0.754. The first-order valence-corrected chi connectivity index (χ1v) is 7.89. The lowest BCUT2D eigenvalue weighted by Crippen LogP contribution is -2.07. The lowest BCUT2D eigenvalue weighted by Gasteiger charge is -2.04. The summed E-state index contributed by atoms with van der Waals surface area (Å²) in [6.07, 6.45) is 0. The summed E-state index contributed by atoms with van der Waals surface area (Å²) < 4.78 is 6.10. The molecule has 0 unspecified atom stereocenters. The monoisotopic (exact) mass is 331 g/mol. The first kappa shape index (κ1) is 15.4. The van der Waals surface area contributed by atoms with Crippen LogP contribution in [-0.2, 0) is 11.3 Å². The van der Waals surface area contributed by atoms with Crippen molar-refractivity contribution in [2.45, 2.75) is 22.9 Å². The summed E-state index contributed by atoms with van der Waals surface area (Å²) in [6, 6.07) is 1.71. The molecule has 0 atom stereocenters. The van der Waals surface area contributed by atoms with Gasteiger partial charge in [0.05, 0.1) is 0 Å². The predicted molar refractivity (Wildman–Crippen MR) is 80.7 cm³/mol. The molecule has 0 saturated heterocycles. The van der Waals surface area contributed by atoms with E-state index in [2.05, 4.69) is 20.2 Å². The summed E-state index contributed by atoms with van der Waals surface area (Å²) in [6.45, 7) is 2.88. The van der Waals surface area contributed by atoms with E-state index in [0.717, 1.165) is 14.5 Å².